The van der Waals surface area contributed by atoms with Crippen LogP contribution in [0, 0.1) is 0 Å². The summed E-state index contributed by atoms with van der Waals surface area (Å²) in [7, 11) is 0. The summed E-state index contributed by atoms with van der Waals surface area (Å²) in [4.78, 5) is 28.2. The molecule has 2 fully saturated rings. The first kappa shape index (κ1) is 23.9. The van der Waals surface area contributed by atoms with Crippen LogP contribution in [0.1, 0.15) is 39.7 Å². The van der Waals surface area contributed by atoms with Crippen LogP contribution in [0.2, 0.25) is 0 Å². The van der Waals surface area contributed by atoms with Crippen molar-refractivity contribution in [1.29, 1.82) is 0 Å². The minimum atomic E-state index is -2.10. The van der Waals surface area contributed by atoms with E-state index in [0.717, 1.165) is 27.8 Å². The lowest BCUT2D eigenvalue weighted by atomic mass is 9.58. The molecule has 1 spiro atoms. The van der Waals surface area contributed by atoms with Crippen molar-refractivity contribution in [3.05, 3.63) is 143 Å². The number of esters is 2. The summed E-state index contributed by atoms with van der Waals surface area (Å²) in [6.45, 7) is 0. The normalized spacial score (nSPS) is 30.6. The van der Waals surface area contributed by atoms with Gasteiger partial charge in [0.05, 0.1) is 5.92 Å². The van der Waals surface area contributed by atoms with Crippen LogP contribution in [0.3, 0.4) is 0 Å². The highest BCUT2D eigenvalue weighted by Crippen LogP contribution is 2.65. The Morgan fingerprint density at radius 2 is 1.26 bits per heavy atom. The molecular formula is C34H28O5. The summed E-state index contributed by atoms with van der Waals surface area (Å²) in [5.41, 5.74) is -0.822. The lowest BCUT2D eigenvalue weighted by Gasteiger charge is -2.54. The van der Waals surface area contributed by atoms with E-state index in [1.165, 1.54) is 0 Å². The third kappa shape index (κ3) is 3.29. The van der Waals surface area contributed by atoms with Crippen molar-refractivity contribution < 1.29 is 24.2 Å². The van der Waals surface area contributed by atoms with Crippen LogP contribution in [0.5, 0.6) is 0 Å². The molecule has 5 heteroatoms. The van der Waals surface area contributed by atoms with Crippen LogP contribution in [-0.4, -0.2) is 33.8 Å². The number of fused-ring (bicyclic) bond motifs is 1. The highest BCUT2D eigenvalue weighted by molar-refractivity contribution is 5.92. The van der Waals surface area contributed by atoms with Gasteiger partial charge in [-0.1, -0.05) is 115 Å². The first-order valence-corrected chi connectivity index (χ1v) is 13.4. The summed E-state index contributed by atoms with van der Waals surface area (Å²) < 4.78 is 13.0. The smallest absolute Gasteiger partial charge is 0.343 e. The zero-order valence-corrected chi connectivity index (χ0v) is 21.3. The number of ether oxygens (including phenoxy) is 2. The molecule has 5 nitrogen and oxygen atoms in total. The molecule has 0 saturated carbocycles. The molecule has 1 N–H and O–H groups in total. The molecule has 0 unspecified atom stereocenters. The van der Waals surface area contributed by atoms with Crippen LogP contribution in [0.15, 0.2) is 115 Å². The fraction of sp³-hybridized carbons (Fsp3) is 0.235. The Morgan fingerprint density at radius 1 is 0.692 bits per heavy atom. The second-order valence-electron chi connectivity index (χ2n) is 11.0. The second kappa shape index (κ2) is 8.65. The van der Waals surface area contributed by atoms with Gasteiger partial charge in [-0.2, -0.15) is 0 Å². The molecule has 2 bridgehead atoms. The number of aliphatic hydroxyl groups is 1. The van der Waals surface area contributed by atoms with E-state index in [4.69, 9.17) is 9.47 Å². The van der Waals surface area contributed by atoms with E-state index in [2.05, 4.69) is 0 Å². The van der Waals surface area contributed by atoms with Crippen LogP contribution < -0.4 is 0 Å². The summed E-state index contributed by atoms with van der Waals surface area (Å²) in [5.74, 6) is -2.47. The monoisotopic (exact) mass is 516 g/mol. The molecule has 194 valence electrons. The Morgan fingerprint density at radius 3 is 1.92 bits per heavy atom. The Labute approximate surface area is 227 Å². The van der Waals surface area contributed by atoms with Crippen molar-refractivity contribution >= 4 is 11.9 Å². The van der Waals surface area contributed by atoms with Crippen molar-refractivity contribution in [2.45, 2.75) is 47.9 Å². The molecule has 1 aliphatic carbocycles. The van der Waals surface area contributed by atoms with Gasteiger partial charge < -0.3 is 14.6 Å². The van der Waals surface area contributed by atoms with Crippen molar-refractivity contribution in [2.24, 2.45) is 0 Å². The maximum atomic E-state index is 14.1. The molecule has 0 amide bonds. The predicted octanol–water partition coefficient (Wildman–Crippen LogP) is 4.92. The zero-order valence-electron chi connectivity index (χ0n) is 21.3. The van der Waals surface area contributed by atoms with Gasteiger partial charge in [0.1, 0.15) is 0 Å². The molecule has 4 aliphatic rings. The van der Waals surface area contributed by atoms with E-state index in [0.29, 0.717) is 0 Å². The predicted molar refractivity (Wildman–Crippen MR) is 145 cm³/mol. The molecule has 4 aromatic rings. The fourth-order valence-corrected chi connectivity index (χ4v) is 7.29. The molecule has 8 rings (SSSR count). The van der Waals surface area contributed by atoms with E-state index in [9.17, 15) is 14.7 Å². The molecule has 5 atom stereocenters. The third-order valence-electron chi connectivity index (χ3n) is 8.93. The fourth-order valence-electron chi connectivity index (χ4n) is 7.29. The van der Waals surface area contributed by atoms with Gasteiger partial charge in [-0.15, -0.1) is 0 Å². The topological polar surface area (TPSA) is 72.8 Å². The zero-order chi connectivity index (χ0) is 26.7. The maximum Gasteiger partial charge on any atom is 0.343 e. The number of benzene rings is 4. The van der Waals surface area contributed by atoms with Gasteiger partial charge in [0.2, 0.25) is 5.60 Å². The first-order valence-electron chi connectivity index (χ1n) is 13.4. The van der Waals surface area contributed by atoms with E-state index in [1.807, 2.05) is 115 Å². The summed E-state index contributed by atoms with van der Waals surface area (Å²) in [6.07, 6.45) is 0.412. The van der Waals surface area contributed by atoms with Crippen LogP contribution >= 0.6 is 0 Å². The van der Waals surface area contributed by atoms with Crippen molar-refractivity contribution in [3.63, 3.8) is 0 Å². The molecule has 2 saturated heterocycles. The van der Waals surface area contributed by atoms with Crippen LogP contribution in [0.4, 0.5) is 0 Å². The SMILES string of the molecule is O=C1O[C@]23Cc4ccccc4[C@H]1[C@H](c1ccccc1)[C@]2(Cc1ccccc1)OC(=O)[C@]3(O)Cc1ccccc1. The van der Waals surface area contributed by atoms with Crippen LogP contribution in [-0.2, 0) is 38.3 Å². The van der Waals surface area contributed by atoms with Gasteiger partial charge >= 0.3 is 11.9 Å². The molecule has 3 aliphatic heterocycles. The van der Waals surface area contributed by atoms with Crippen molar-refractivity contribution in [3.8, 4) is 0 Å². The Hall–Kier alpha value is -4.22. The van der Waals surface area contributed by atoms with Gasteiger partial charge in [0.25, 0.3) is 0 Å². The largest absolute Gasteiger partial charge is 0.451 e. The van der Waals surface area contributed by atoms with Gasteiger partial charge in [-0.25, -0.2) is 4.79 Å². The molecule has 4 aromatic carbocycles. The van der Waals surface area contributed by atoms with Gasteiger partial charge in [-0.3, -0.25) is 4.79 Å². The number of carbonyl (C=O) groups excluding carboxylic acids is 2. The van der Waals surface area contributed by atoms with Gasteiger partial charge in [0, 0.05) is 25.2 Å². The summed E-state index contributed by atoms with van der Waals surface area (Å²) in [6, 6.07) is 36.7. The van der Waals surface area contributed by atoms with Gasteiger partial charge in [0.15, 0.2) is 11.2 Å². The number of carbonyl (C=O) groups is 2. The van der Waals surface area contributed by atoms with Gasteiger partial charge in [-0.05, 0) is 27.8 Å². The highest BCUT2D eigenvalue weighted by atomic mass is 16.6. The average molecular weight is 517 g/mol. The van der Waals surface area contributed by atoms with E-state index < -0.39 is 40.6 Å². The number of hydrogen-bond donors (Lipinski definition) is 1. The first-order chi connectivity index (χ1) is 19.0. The molecule has 0 radical (unpaired) electrons. The van der Waals surface area contributed by atoms with Crippen molar-refractivity contribution in [1.82, 2.24) is 0 Å². The van der Waals surface area contributed by atoms with E-state index in [1.54, 1.807) is 0 Å². The highest BCUT2D eigenvalue weighted by Gasteiger charge is 2.83. The van der Waals surface area contributed by atoms with E-state index >= 15 is 0 Å². The lowest BCUT2D eigenvalue weighted by Crippen LogP contribution is -2.72. The second-order valence-corrected chi connectivity index (χ2v) is 11.0. The molecular weight excluding hydrogens is 488 g/mol. The standard InChI is InChI=1S/C34H28O5/c35-30-28-27-19-11-10-18-26(27)22-34(38-30)32(37,20-23-12-4-1-5-13-23)31(36)39-33(34,21-24-14-6-2-7-15-24)29(28)25-16-8-3-9-17-25/h1-19,28-29,37H,20-22H2/t28-,29-,32+,33-,34-/m0/s1. The quantitative estimate of drug-likeness (QED) is 0.382. The summed E-state index contributed by atoms with van der Waals surface area (Å²) in [5, 5.41) is 12.6. The lowest BCUT2D eigenvalue weighted by molar-refractivity contribution is -0.233. The van der Waals surface area contributed by atoms with E-state index in [-0.39, 0.29) is 19.3 Å². The Kier molecular flexibility index (Phi) is 5.29. The Bertz CT molecular complexity index is 1550. The van der Waals surface area contributed by atoms with Crippen LogP contribution in [0.25, 0.3) is 0 Å². The molecule has 0 aromatic heterocycles. The number of rotatable bonds is 5. The van der Waals surface area contributed by atoms with Crippen molar-refractivity contribution in [2.75, 3.05) is 0 Å². The average Bonchev–Trinajstić information content (AvgIpc) is 3.05. The maximum absolute atomic E-state index is 14.1. The molecule has 39 heavy (non-hydrogen) atoms. The minimum Gasteiger partial charge on any atom is -0.451 e. The summed E-state index contributed by atoms with van der Waals surface area (Å²) >= 11 is 0. The Balaban J connectivity index is 1.55. The minimum absolute atomic E-state index is 0.0369. The molecule has 3 heterocycles. The number of hydrogen-bond acceptors (Lipinski definition) is 5. The third-order valence-corrected chi connectivity index (χ3v) is 8.93.